The molecule has 0 fully saturated rings. The van der Waals surface area contributed by atoms with Gasteiger partial charge in [-0.1, -0.05) is 6.07 Å². The van der Waals surface area contributed by atoms with Crippen molar-refractivity contribution < 1.29 is 9.90 Å². The molecule has 2 aromatic rings. The Bertz CT molecular complexity index is 625. The van der Waals surface area contributed by atoms with E-state index in [-0.39, 0.29) is 22.7 Å². The third kappa shape index (κ3) is 1.81. The lowest BCUT2D eigenvalue weighted by Crippen LogP contribution is -2.16. The summed E-state index contributed by atoms with van der Waals surface area (Å²) in [5, 5.41) is 21.7. The summed E-state index contributed by atoms with van der Waals surface area (Å²) in [6.07, 6.45) is 1.22. The van der Waals surface area contributed by atoms with Crippen LogP contribution in [0.15, 0.2) is 30.5 Å². The molecule has 6 heteroatoms. The summed E-state index contributed by atoms with van der Waals surface area (Å²) in [4.78, 5) is 11.9. The lowest BCUT2D eigenvalue weighted by atomic mass is 10.2. The highest BCUT2D eigenvalue weighted by atomic mass is 16.3. The zero-order valence-electron chi connectivity index (χ0n) is 8.66. The average Bonchev–Trinajstić information content (AvgIpc) is 2.69. The van der Waals surface area contributed by atoms with Gasteiger partial charge in [-0.3, -0.25) is 4.79 Å². The molecule has 1 aromatic heterocycles. The molecule has 0 unspecified atom stereocenters. The molecule has 0 atom stereocenters. The van der Waals surface area contributed by atoms with E-state index in [1.54, 1.807) is 0 Å². The number of aromatic nitrogens is 2. The molecule has 0 bridgehead atoms. The van der Waals surface area contributed by atoms with Gasteiger partial charge in [0.1, 0.15) is 23.2 Å². The maximum absolute atomic E-state index is 11.9. The third-order valence-electron chi connectivity index (χ3n) is 2.21. The number of benzene rings is 1. The van der Waals surface area contributed by atoms with Crippen molar-refractivity contribution in [3.63, 3.8) is 0 Å². The molecule has 0 saturated carbocycles. The summed E-state index contributed by atoms with van der Waals surface area (Å²) in [5.74, 6) is -0.539. The number of nitrogens with zero attached hydrogens (tertiary/aromatic N) is 3. The SMILES string of the molecule is N#Cc1cnn(C(=O)c2cccc(O)c2)c1N. The molecular weight excluding hydrogens is 220 g/mol. The number of carbonyl (C=O) groups is 1. The molecule has 6 nitrogen and oxygen atoms in total. The summed E-state index contributed by atoms with van der Waals surface area (Å²) in [6.45, 7) is 0. The molecule has 3 N–H and O–H groups in total. The Morgan fingerprint density at radius 2 is 2.29 bits per heavy atom. The van der Waals surface area contributed by atoms with E-state index in [0.717, 1.165) is 4.68 Å². The molecule has 0 saturated heterocycles. The summed E-state index contributed by atoms with van der Waals surface area (Å²) in [6, 6.07) is 7.63. The lowest BCUT2D eigenvalue weighted by Gasteiger charge is -2.03. The van der Waals surface area contributed by atoms with Crippen LogP contribution in [0.3, 0.4) is 0 Å². The van der Waals surface area contributed by atoms with Gasteiger partial charge in [-0.25, -0.2) is 0 Å². The van der Waals surface area contributed by atoms with E-state index in [1.807, 2.05) is 6.07 Å². The first-order chi connectivity index (χ1) is 8.13. The lowest BCUT2D eigenvalue weighted by molar-refractivity contribution is 0.0947. The van der Waals surface area contributed by atoms with Crippen molar-refractivity contribution in [2.45, 2.75) is 0 Å². The minimum absolute atomic E-state index is 0.0131. The summed E-state index contributed by atoms with van der Waals surface area (Å²) in [7, 11) is 0. The Kier molecular flexibility index (Phi) is 2.51. The second-order valence-corrected chi connectivity index (χ2v) is 3.32. The molecule has 1 heterocycles. The largest absolute Gasteiger partial charge is 0.508 e. The van der Waals surface area contributed by atoms with Crippen LogP contribution in [-0.4, -0.2) is 20.8 Å². The molecular formula is C11H8N4O2. The van der Waals surface area contributed by atoms with Gasteiger partial charge in [0.05, 0.1) is 6.20 Å². The van der Waals surface area contributed by atoms with Crippen LogP contribution in [0.25, 0.3) is 0 Å². The fraction of sp³-hybridized carbons (Fsp3) is 0. The molecule has 2 rings (SSSR count). The van der Waals surface area contributed by atoms with E-state index < -0.39 is 5.91 Å². The van der Waals surface area contributed by atoms with E-state index in [2.05, 4.69) is 5.10 Å². The van der Waals surface area contributed by atoms with E-state index in [4.69, 9.17) is 11.0 Å². The predicted molar refractivity (Wildman–Crippen MR) is 59.2 cm³/mol. The Labute approximate surface area is 96.5 Å². The van der Waals surface area contributed by atoms with Gasteiger partial charge in [0.25, 0.3) is 5.91 Å². The number of anilines is 1. The number of hydrogen-bond acceptors (Lipinski definition) is 5. The second kappa shape index (κ2) is 3.98. The number of phenolic OH excluding ortho intramolecular Hbond substituents is 1. The van der Waals surface area contributed by atoms with Gasteiger partial charge >= 0.3 is 0 Å². The van der Waals surface area contributed by atoms with E-state index in [1.165, 1.54) is 30.5 Å². The first-order valence-electron chi connectivity index (χ1n) is 4.71. The Hall–Kier alpha value is -2.81. The molecule has 0 aliphatic rings. The maximum atomic E-state index is 11.9. The number of hydrogen-bond donors (Lipinski definition) is 2. The molecule has 84 valence electrons. The maximum Gasteiger partial charge on any atom is 0.280 e. The number of rotatable bonds is 1. The van der Waals surface area contributed by atoms with Crippen molar-refractivity contribution >= 4 is 11.7 Å². The quantitative estimate of drug-likeness (QED) is 0.748. The molecule has 0 amide bonds. The standard InChI is InChI=1S/C11H8N4O2/c12-5-8-6-14-15(10(8)13)11(17)7-2-1-3-9(16)4-7/h1-4,6,16H,13H2. The van der Waals surface area contributed by atoms with Crippen molar-refractivity contribution in [1.82, 2.24) is 9.78 Å². The number of nitrogen functional groups attached to an aromatic ring is 1. The second-order valence-electron chi connectivity index (χ2n) is 3.32. The summed E-state index contributed by atoms with van der Waals surface area (Å²) < 4.78 is 0.924. The zero-order valence-corrected chi connectivity index (χ0v) is 8.66. The Morgan fingerprint density at radius 1 is 1.53 bits per heavy atom. The molecule has 0 radical (unpaired) electrons. The zero-order chi connectivity index (χ0) is 12.4. The van der Waals surface area contributed by atoms with Crippen LogP contribution in [0.5, 0.6) is 5.75 Å². The highest BCUT2D eigenvalue weighted by molar-refractivity contribution is 5.97. The van der Waals surface area contributed by atoms with Crippen LogP contribution in [0, 0.1) is 11.3 Å². The number of nitrogens with two attached hydrogens (primary N) is 1. The fourth-order valence-corrected chi connectivity index (χ4v) is 1.37. The van der Waals surface area contributed by atoms with Gasteiger partial charge in [0.15, 0.2) is 0 Å². The highest BCUT2D eigenvalue weighted by Gasteiger charge is 2.15. The van der Waals surface area contributed by atoms with Crippen LogP contribution in [0.4, 0.5) is 5.82 Å². The van der Waals surface area contributed by atoms with Crippen LogP contribution in [-0.2, 0) is 0 Å². The number of aromatic hydroxyl groups is 1. The fourth-order valence-electron chi connectivity index (χ4n) is 1.37. The van der Waals surface area contributed by atoms with Crippen LogP contribution >= 0.6 is 0 Å². The highest BCUT2D eigenvalue weighted by Crippen LogP contribution is 2.15. The van der Waals surface area contributed by atoms with Crippen molar-refractivity contribution in [2.75, 3.05) is 5.73 Å². The summed E-state index contributed by atoms with van der Waals surface area (Å²) >= 11 is 0. The van der Waals surface area contributed by atoms with E-state index in [0.29, 0.717) is 0 Å². The third-order valence-corrected chi connectivity index (χ3v) is 2.21. The van der Waals surface area contributed by atoms with Crippen molar-refractivity contribution in [3.05, 3.63) is 41.6 Å². The van der Waals surface area contributed by atoms with Gasteiger partial charge < -0.3 is 10.8 Å². The Morgan fingerprint density at radius 3 is 2.88 bits per heavy atom. The van der Waals surface area contributed by atoms with Gasteiger partial charge in [-0.15, -0.1) is 0 Å². The van der Waals surface area contributed by atoms with Gasteiger partial charge in [-0.2, -0.15) is 15.0 Å². The van der Waals surface area contributed by atoms with Crippen LogP contribution < -0.4 is 5.73 Å². The minimum Gasteiger partial charge on any atom is -0.508 e. The van der Waals surface area contributed by atoms with E-state index in [9.17, 15) is 9.90 Å². The number of carbonyl (C=O) groups excluding carboxylic acids is 1. The summed E-state index contributed by atoms with van der Waals surface area (Å²) in [5.41, 5.74) is 5.96. The first kappa shape index (κ1) is 10.7. The normalized spacial score (nSPS) is 9.82. The van der Waals surface area contributed by atoms with Crippen molar-refractivity contribution in [3.8, 4) is 11.8 Å². The van der Waals surface area contributed by atoms with Gasteiger partial charge in [0.2, 0.25) is 0 Å². The van der Waals surface area contributed by atoms with Gasteiger partial charge in [-0.05, 0) is 18.2 Å². The van der Waals surface area contributed by atoms with Crippen molar-refractivity contribution in [1.29, 1.82) is 5.26 Å². The topological polar surface area (TPSA) is 105 Å². The van der Waals surface area contributed by atoms with Crippen LogP contribution in [0.2, 0.25) is 0 Å². The first-order valence-corrected chi connectivity index (χ1v) is 4.71. The van der Waals surface area contributed by atoms with Gasteiger partial charge in [0, 0.05) is 5.56 Å². The van der Waals surface area contributed by atoms with Crippen LogP contribution in [0.1, 0.15) is 15.9 Å². The molecule has 0 aliphatic heterocycles. The molecule has 0 aliphatic carbocycles. The minimum atomic E-state index is -0.500. The number of nitriles is 1. The van der Waals surface area contributed by atoms with Crippen molar-refractivity contribution in [2.24, 2.45) is 0 Å². The molecule has 17 heavy (non-hydrogen) atoms. The monoisotopic (exact) mass is 228 g/mol. The predicted octanol–water partition coefficient (Wildman–Crippen LogP) is 0.731. The average molecular weight is 228 g/mol. The molecule has 0 spiro atoms. The smallest absolute Gasteiger partial charge is 0.280 e. The molecule has 1 aromatic carbocycles. The Balaban J connectivity index is 2.45. The van der Waals surface area contributed by atoms with E-state index >= 15 is 0 Å². The number of phenols is 1.